The Hall–Kier alpha value is -3.51. The van der Waals surface area contributed by atoms with Crippen molar-refractivity contribution in [2.24, 2.45) is 11.6 Å². The van der Waals surface area contributed by atoms with Crippen LogP contribution in [0.5, 0.6) is 0 Å². The third-order valence-corrected chi connectivity index (χ3v) is 7.69. The molecular weight excluding hydrogens is 574 g/mol. The number of nitrogens with zero attached hydrogens (tertiary/aromatic N) is 2. The van der Waals surface area contributed by atoms with E-state index in [4.69, 9.17) is 16.3 Å². The number of unbranched alkanes of at least 4 members (excludes halogenated alkanes) is 1. The number of fused-ring (bicyclic) bond motifs is 2. The fourth-order valence-corrected chi connectivity index (χ4v) is 5.38. The average Bonchev–Trinajstić information content (AvgIpc) is 3.02. The van der Waals surface area contributed by atoms with E-state index in [1.54, 1.807) is 9.91 Å². The number of para-hydroxylation sites is 1. The molecule has 0 fully saturated rings. The number of nitrogens with two attached hydrogens (primary N) is 2. The van der Waals surface area contributed by atoms with E-state index in [0.29, 0.717) is 39.4 Å². The molecular formula is C33H49N7O3S. The Balaban J connectivity index is 1.83. The Morgan fingerprint density at radius 1 is 0.977 bits per heavy atom. The van der Waals surface area contributed by atoms with Gasteiger partial charge >= 0.3 is 0 Å². The monoisotopic (exact) mass is 623 g/mol. The van der Waals surface area contributed by atoms with Gasteiger partial charge in [-0.1, -0.05) is 49.0 Å². The van der Waals surface area contributed by atoms with Crippen molar-refractivity contribution in [1.82, 2.24) is 21.0 Å². The molecule has 44 heavy (non-hydrogen) atoms. The molecule has 3 rings (SSSR count). The highest BCUT2D eigenvalue weighted by Crippen LogP contribution is 2.38. The summed E-state index contributed by atoms with van der Waals surface area (Å²) in [7, 11) is 1.89. The van der Waals surface area contributed by atoms with Gasteiger partial charge in [0, 0.05) is 62.9 Å². The summed E-state index contributed by atoms with van der Waals surface area (Å²) >= 11 is 4.27. The number of carbonyl (C=O) groups is 2. The minimum absolute atomic E-state index is 0.0688. The first-order valence-electron chi connectivity index (χ1n) is 15.4. The molecule has 0 saturated carbocycles. The average molecular weight is 624 g/mol. The van der Waals surface area contributed by atoms with Crippen molar-refractivity contribution >= 4 is 41.5 Å². The Kier molecular flexibility index (Phi) is 15.1. The van der Waals surface area contributed by atoms with Gasteiger partial charge in [0.2, 0.25) is 11.8 Å². The second-order valence-corrected chi connectivity index (χ2v) is 11.1. The van der Waals surface area contributed by atoms with Crippen LogP contribution >= 0.6 is 12.6 Å². The Morgan fingerprint density at radius 3 is 2.48 bits per heavy atom. The zero-order valence-corrected chi connectivity index (χ0v) is 26.8. The molecule has 7 N–H and O–H groups in total. The number of anilines is 1. The lowest BCUT2D eigenvalue weighted by Crippen LogP contribution is -2.37. The van der Waals surface area contributed by atoms with Crippen LogP contribution in [0, 0.1) is 0 Å². The van der Waals surface area contributed by atoms with E-state index in [0.717, 1.165) is 77.4 Å². The lowest BCUT2D eigenvalue weighted by molar-refractivity contribution is -0.125. The summed E-state index contributed by atoms with van der Waals surface area (Å²) in [4.78, 5) is 28.0. The summed E-state index contributed by atoms with van der Waals surface area (Å²) in [5, 5.41) is 11.4. The number of amides is 2. The highest BCUT2D eigenvalue weighted by atomic mass is 32.1. The van der Waals surface area contributed by atoms with Crippen LogP contribution in [-0.2, 0) is 20.9 Å². The third kappa shape index (κ3) is 10.3. The van der Waals surface area contributed by atoms with Crippen LogP contribution in [0.1, 0.15) is 55.2 Å². The van der Waals surface area contributed by atoms with Gasteiger partial charge in [-0.15, -0.1) is 0 Å². The number of thiol groups is 1. The molecule has 0 spiro atoms. The minimum atomic E-state index is -0.195. The number of rotatable bonds is 19. The van der Waals surface area contributed by atoms with Gasteiger partial charge in [0.05, 0.1) is 36.8 Å². The van der Waals surface area contributed by atoms with Crippen LogP contribution in [0.25, 0.3) is 11.4 Å². The zero-order chi connectivity index (χ0) is 31.7. The van der Waals surface area contributed by atoms with E-state index >= 15 is 0 Å². The van der Waals surface area contributed by atoms with Gasteiger partial charge in [-0.2, -0.15) is 12.6 Å². The van der Waals surface area contributed by atoms with Crippen LogP contribution in [0.4, 0.5) is 5.69 Å². The smallest absolute Gasteiger partial charge is 0.227 e. The number of hydrogen-bond donors (Lipinski definition) is 6. The van der Waals surface area contributed by atoms with Crippen LogP contribution in [0.15, 0.2) is 60.8 Å². The highest BCUT2D eigenvalue weighted by molar-refractivity contribution is 7.80. The molecule has 0 bridgehead atoms. The minimum Gasteiger partial charge on any atom is -0.389 e. The number of nitrogens with one attached hydrogen (secondary N) is 3. The summed E-state index contributed by atoms with van der Waals surface area (Å²) in [6.07, 6.45) is 3.87. The molecule has 11 heteroatoms. The van der Waals surface area contributed by atoms with Gasteiger partial charge in [0.1, 0.15) is 0 Å². The largest absolute Gasteiger partial charge is 0.389 e. The van der Waals surface area contributed by atoms with Gasteiger partial charge in [0.15, 0.2) is 0 Å². The zero-order valence-electron chi connectivity index (χ0n) is 25.9. The third-order valence-electron chi connectivity index (χ3n) is 7.37. The molecule has 0 radical (unpaired) electrons. The van der Waals surface area contributed by atoms with Gasteiger partial charge in [0.25, 0.3) is 0 Å². The summed E-state index contributed by atoms with van der Waals surface area (Å²) in [5.41, 5.74) is 11.6. The fraction of sp³-hybridized carbons (Fsp3) is 0.455. The molecule has 0 unspecified atom stereocenters. The van der Waals surface area contributed by atoms with Crippen molar-refractivity contribution in [2.75, 3.05) is 57.1 Å². The SMILES string of the molecule is C=C(CCCN(N)C1=C(NC)c2ccccc2CN(C(=O)CCC(=O)NCCOCCN)c2ccccc21)NCCCCS. The normalized spacial score (nSPS) is 12.5. The maximum absolute atomic E-state index is 13.8. The summed E-state index contributed by atoms with van der Waals surface area (Å²) in [6.45, 7) is 7.64. The first kappa shape index (κ1) is 35.0. The van der Waals surface area contributed by atoms with Crippen molar-refractivity contribution in [3.8, 4) is 0 Å². The fourth-order valence-electron chi connectivity index (χ4n) is 5.16. The number of hydrogen-bond acceptors (Lipinski definition) is 9. The van der Waals surface area contributed by atoms with Crippen LogP contribution in [0.2, 0.25) is 0 Å². The van der Waals surface area contributed by atoms with Crippen molar-refractivity contribution in [2.45, 2.75) is 45.1 Å². The molecule has 0 aromatic heterocycles. The Morgan fingerprint density at radius 2 is 1.73 bits per heavy atom. The van der Waals surface area contributed by atoms with Crippen molar-refractivity contribution < 1.29 is 14.3 Å². The summed E-state index contributed by atoms with van der Waals surface area (Å²) in [6, 6.07) is 15.8. The molecule has 2 aromatic rings. The number of benzene rings is 2. The first-order valence-corrected chi connectivity index (χ1v) is 16.0. The van der Waals surface area contributed by atoms with E-state index in [1.807, 2.05) is 55.6 Å². The second-order valence-electron chi connectivity index (χ2n) is 10.6. The molecule has 1 heterocycles. The van der Waals surface area contributed by atoms with Gasteiger partial charge in [-0.3, -0.25) is 9.59 Å². The maximum Gasteiger partial charge on any atom is 0.227 e. The van der Waals surface area contributed by atoms with Gasteiger partial charge in [-0.25, -0.2) is 5.84 Å². The van der Waals surface area contributed by atoms with Crippen molar-refractivity contribution in [1.29, 1.82) is 0 Å². The van der Waals surface area contributed by atoms with E-state index in [-0.39, 0.29) is 24.7 Å². The Labute approximate surface area is 267 Å². The van der Waals surface area contributed by atoms with E-state index in [1.165, 1.54) is 0 Å². The van der Waals surface area contributed by atoms with Gasteiger partial charge < -0.3 is 36.3 Å². The first-order chi connectivity index (χ1) is 21.4. The van der Waals surface area contributed by atoms with E-state index in [2.05, 4.69) is 35.2 Å². The molecule has 0 aliphatic carbocycles. The van der Waals surface area contributed by atoms with Crippen LogP contribution in [-0.4, -0.2) is 69.0 Å². The Bertz CT molecular complexity index is 1270. The number of hydrazine groups is 1. The van der Waals surface area contributed by atoms with E-state index in [9.17, 15) is 9.59 Å². The topological polar surface area (TPSA) is 138 Å². The lowest BCUT2D eigenvalue weighted by atomic mass is 9.95. The molecule has 0 atom stereocenters. The lowest BCUT2D eigenvalue weighted by Gasteiger charge is -2.34. The van der Waals surface area contributed by atoms with Crippen LogP contribution < -0.4 is 32.4 Å². The molecule has 1 aliphatic rings. The molecule has 2 aromatic carbocycles. The molecule has 2 amide bonds. The standard InChI is InChI=1S/C33H49N7O3S/c1-25(37-18-7-8-23-44)10-9-20-40(35)33-28-13-5-6-14-29(28)39(24-26-11-3-4-12-27(26)32(33)36-2)31(42)16-15-30(41)38-19-22-43-21-17-34/h3-6,11-14,36-37,44H,1,7-10,15-24,34-35H2,2H3,(H,38,41). The van der Waals surface area contributed by atoms with Gasteiger partial charge in [-0.05, 0) is 43.1 Å². The summed E-state index contributed by atoms with van der Waals surface area (Å²) < 4.78 is 5.31. The predicted octanol–water partition coefficient (Wildman–Crippen LogP) is 3.22. The van der Waals surface area contributed by atoms with Crippen molar-refractivity contribution in [3.05, 3.63) is 77.5 Å². The molecule has 10 nitrogen and oxygen atoms in total. The summed E-state index contributed by atoms with van der Waals surface area (Å²) in [5.74, 6) is 7.38. The number of ether oxygens (including phenoxy) is 1. The van der Waals surface area contributed by atoms with E-state index < -0.39 is 0 Å². The van der Waals surface area contributed by atoms with Crippen molar-refractivity contribution in [3.63, 3.8) is 0 Å². The molecule has 240 valence electrons. The number of allylic oxidation sites excluding steroid dienone is 1. The molecule has 1 aliphatic heterocycles. The second kappa shape index (κ2) is 19.0. The highest BCUT2D eigenvalue weighted by Gasteiger charge is 2.28. The predicted molar refractivity (Wildman–Crippen MR) is 182 cm³/mol. The van der Waals surface area contributed by atoms with Crippen LogP contribution in [0.3, 0.4) is 0 Å². The number of carbonyl (C=O) groups excluding carboxylic acids is 2. The maximum atomic E-state index is 13.8. The quantitative estimate of drug-likeness (QED) is 0.0608. The molecule has 0 saturated heterocycles.